The second-order valence-electron chi connectivity index (χ2n) is 3.46. The van der Waals surface area contributed by atoms with Crippen LogP contribution in [0.25, 0.3) is 11.1 Å². The van der Waals surface area contributed by atoms with Crippen molar-refractivity contribution in [1.82, 2.24) is 0 Å². The second kappa shape index (κ2) is 4.99. The molecule has 0 fully saturated rings. The van der Waals surface area contributed by atoms with Crippen LogP contribution in [0, 0.1) is 0 Å². The van der Waals surface area contributed by atoms with Gasteiger partial charge in [0, 0.05) is 11.8 Å². The van der Waals surface area contributed by atoms with Crippen molar-refractivity contribution in [3.8, 4) is 11.1 Å². The van der Waals surface area contributed by atoms with Crippen molar-refractivity contribution in [1.29, 1.82) is 0 Å². The first-order valence-corrected chi connectivity index (χ1v) is 5.92. The molecule has 2 heteroatoms. The van der Waals surface area contributed by atoms with Crippen LogP contribution in [-0.2, 0) is 4.79 Å². The average Bonchev–Trinajstić information content (AvgIpc) is 2.30. The van der Waals surface area contributed by atoms with E-state index in [0.717, 1.165) is 16.0 Å². The molecule has 0 saturated carbocycles. The summed E-state index contributed by atoms with van der Waals surface area (Å²) in [4.78, 5) is 12.2. The van der Waals surface area contributed by atoms with Crippen molar-refractivity contribution in [3.05, 3.63) is 54.6 Å². The minimum atomic E-state index is 0.114. The van der Waals surface area contributed by atoms with Crippen molar-refractivity contribution < 1.29 is 4.79 Å². The molecule has 2 aromatic rings. The standard InChI is InChI=1S/C14H12OS/c1-11(15)16-14-10-6-5-9-13(14)12-7-3-2-4-8-12/h2-10H,1H3. The first-order chi connectivity index (χ1) is 7.77. The van der Waals surface area contributed by atoms with Crippen LogP contribution in [0.15, 0.2) is 59.5 Å². The number of rotatable bonds is 2. The predicted molar refractivity (Wildman–Crippen MR) is 68.4 cm³/mol. The normalized spacial score (nSPS) is 10.1. The van der Waals surface area contributed by atoms with E-state index in [9.17, 15) is 4.79 Å². The Bertz CT molecular complexity index is 491. The molecule has 0 spiro atoms. The van der Waals surface area contributed by atoms with Crippen LogP contribution in [0.4, 0.5) is 0 Å². The van der Waals surface area contributed by atoms with Crippen LogP contribution in [0.2, 0.25) is 0 Å². The molecule has 0 aliphatic rings. The highest BCUT2D eigenvalue weighted by Crippen LogP contribution is 2.31. The minimum absolute atomic E-state index is 0.114. The summed E-state index contributed by atoms with van der Waals surface area (Å²) in [5, 5.41) is 0.114. The minimum Gasteiger partial charge on any atom is -0.287 e. The zero-order chi connectivity index (χ0) is 11.4. The van der Waals surface area contributed by atoms with E-state index in [1.807, 2.05) is 42.5 Å². The molecule has 2 rings (SSSR count). The quantitative estimate of drug-likeness (QED) is 0.723. The van der Waals surface area contributed by atoms with E-state index >= 15 is 0 Å². The second-order valence-corrected chi connectivity index (χ2v) is 4.67. The molecule has 2 aromatic carbocycles. The molecule has 0 aliphatic carbocycles. The molecule has 0 atom stereocenters. The molecule has 0 aromatic heterocycles. The molecule has 0 saturated heterocycles. The van der Waals surface area contributed by atoms with Gasteiger partial charge in [0.1, 0.15) is 0 Å². The molecular formula is C14H12OS. The highest BCUT2D eigenvalue weighted by atomic mass is 32.2. The van der Waals surface area contributed by atoms with E-state index in [1.165, 1.54) is 11.8 Å². The maximum atomic E-state index is 11.2. The van der Waals surface area contributed by atoms with Gasteiger partial charge in [-0.25, -0.2) is 0 Å². The monoisotopic (exact) mass is 228 g/mol. The fraction of sp³-hybridized carbons (Fsp3) is 0.0714. The van der Waals surface area contributed by atoms with Gasteiger partial charge in [0.15, 0.2) is 5.12 Å². The molecule has 80 valence electrons. The third kappa shape index (κ3) is 2.52. The topological polar surface area (TPSA) is 17.1 Å². The Balaban J connectivity index is 2.44. The van der Waals surface area contributed by atoms with Crippen molar-refractivity contribution in [2.24, 2.45) is 0 Å². The SMILES string of the molecule is CC(=O)Sc1ccccc1-c1ccccc1. The Morgan fingerprint density at radius 1 is 0.938 bits per heavy atom. The summed E-state index contributed by atoms with van der Waals surface area (Å²) in [6.45, 7) is 1.59. The first-order valence-electron chi connectivity index (χ1n) is 5.10. The summed E-state index contributed by atoms with van der Waals surface area (Å²) < 4.78 is 0. The number of carbonyl (C=O) groups is 1. The number of benzene rings is 2. The van der Waals surface area contributed by atoms with Gasteiger partial charge in [0.2, 0.25) is 0 Å². The van der Waals surface area contributed by atoms with Gasteiger partial charge < -0.3 is 0 Å². The lowest BCUT2D eigenvalue weighted by Crippen LogP contribution is -1.85. The van der Waals surface area contributed by atoms with Crippen LogP contribution in [0.3, 0.4) is 0 Å². The van der Waals surface area contributed by atoms with E-state index in [4.69, 9.17) is 0 Å². The van der Waals surface area contributed by atoms with Gasteiger partial charge in [-0.05, 0) is 17.2 Å². The lowest BCUT2D eigenvalue weighted by Gasteiger charge is -2.07. The van der Waals surface area contributed by atoms with Crippen LogP contribution in [0.5, 0.6) is 0 Å². The van der Waals surface area contributed by atoms with Gasteiger partial charge in [-0.1, -0.05) is 60.3 Å². The van der Waals surface area contributed by atoms with E-state index in [0.29, 0.717) is 0 Å². The van der Waals surface area contributed by atoms with Gasteiger partial charge in [-0.3, -0.25) is 4.79 Å². The van der Waals surface area contributed by atoms with Gasteiger partial charge in [0.05, 0.1) is 0 Å². The lowest BCUT2D eigenvalue weighted by molar-refractivity contribution is -0.109. The van der Waals surface area contributed by atoms with Crippen molar-refractivity contribution >= 4 is 16.9 Å². The van der Waals surface area contributed by atoms with Crippen molar-refractivity contribution in [2.75, 3.05) is 0 Å². The van der Waals surface area contributed by atoms with Crippen LogP contribution >= 0.6 is 11.8 Å². The van der Waals surface area contributed by atoms with E-state index in [2.05, 4.69) is 12.1 Å². The van der Waals surface area contributed by atoms with Crippen LogP contribution in [-0.4, -0.2) is 5.12 Å². The largest absolute Gasteiger partial charge is 0.287 e. The fourth-order valence-corrected chi connectivity index (χ4v) is 2.32. The van der Waals surface area contributed by atoms with E-state index in [-0.39, 0.29) is 5.12 Å². The maximum Gasteiger partial charge on any atom is 0.190 e. The van der Waals surface area contributed by atoms with Crippen molar-refractivity contribution in [2.45, 2.75) is 11.8 Å². The van der Waals surface area contributed by atoms with E-state index < -0.39 is 0 Å². The lowest BCUT2D eigenvalue weighted by atomic mass is 10.1. The molecule has 0 radical (unpaired) electrons. The summed E-state index contributed by atoms with van der Waals surface area (Å²) in [7, 11) is 0. The van der Waals surface area contributed by atoms with Crippen LogP contribution < -0.4 is 0 Å². The zero-order valence-corrected chi connectivity index (χ0v) is 9.83. The number of hydrogen-bond acceptors (Lipinski definition) is 2. The number of thioether (sulfide) groups is 1. The summed E-state index contributed by atoms with van der Waals surface area (Å²) in [5.74, 6) is 0. The zero-order valence-electron chi connectivity index (χ0n) is 9.01. The van der Waals surface area contributed by atoms with Gasteiger partial charge in [0.25, 0.3) is 0 Å². The Kier molecular flexibility index (Phi) is 3.42. The highest BCUT2D eigenvalue weighted by Gasteiger charge is 2.06. The Labute approximate surface area is 99.5 Å². The molecule has 1 nitrogen and oxygen atoms in total. The predicted octanol–water partition coefficient (Wildman–Crippen LogP) is 3.99. The maximum absolute atomic E-state index is 11.2. The third-order valence-electron chi connectivity index (χ3n) is 2.23. The van der Waals surface area contributed by atoms with Gasteiger partial charge in [-0.2, -0.15) is 0 Å². The molecule has 16 heavy (non-hydrogen) atoms. The smallest absolute Gasteiger partial charge is 0.190 e. The average molecular weight is 228 g/mol. The molecular weight excluding hydrogens is 216 g/mol. The number of hydrogen-bond donors (Lipinski definition) is 0. The molecule has 0 heterocycles. The van der Waals surface area contributed by atoms with Gasteiger partial charge in [-0.15, -0.1) is 0 Å². The number of carbonyl (C=O) groups excluding carboxylic acids is 1. The third-order valence-corrected chi connectivity index (χ3v) is 3.09. The Morgan fingerprint density at radius 3 is 2.25 bits per heavy atom. The summed E-state index contributed by atoms with van der Waals surface area (Å²) in [6.07, 6.45) is 0. The summed E-state index contributed by atoms with van der Waals surface area (Å²) in [6, 6.07) is 18.1. The Hall–Kier alpha value is -1.54. The summed E-state index contributed by atoms with van der Waals surface area (Å²) >= 11 is 1.28. The first kappa shape index (κ1) is 11.0. The summed E-state index contributed by atoms with van der Waals surface area (Å²) in [5.41, 5.74) is 2.26. The van der Waals surface area contributed by atoms with Crippen LogP contribution in [0.1, 0.15) is 6.92 Å². The Morgan fingerprint density at radius 2 is 1.56 bits per heavy atom. The van der Waals surface area contributed by atoms with E-state index in [1.54, 1.807) is 6.92 Å². The van der Waals surface area contributed by atoms with Crippen molar-refractivity contribution in [3.63, 3.8) is 0 Å². The molecule has 0 unspecified atom stereocenters. The molecule has 0 aliphatic heterocycles. The fourth-order valence-electron chi connectivity index (χ4n) is 1.57. The highest BCUT2D eigenvalue weighted by molar-refractivity contribution is 8.13. The van der Waals surface area contributed by atoms with Gasteiger partial charge >= 0.3 is 0 Å². The molecule has 0 N–H and O–H groups in total. The molecule has 0 amide bonds. The molecule has 0 bridgehead atoms.